The number of nitrogens with one attached hydrogen (secondary N) is 2. The van der Waals surface area contributed by atoms with Crippen LogP contribution in [0.2, 0.25) is 0 Å². The van der Waals surface area contributed by atoms with Crippen LogP contribution < -0.4 is 10.0 Å². The van der Waals surface area contributed by atoms with E-state index in [1.165, 1.54) is 11.3 Å². The van der Waals surface area contributed by atoms with E-state index in [2.05, 4.69) is 23.9 Å². The van der Waals surface area contributed by atoms with Crippen molar-refractivity contribution in [2.24, 2.45) is 5.41 Å². The minimum absolute atomic E-state index is 0.0742. The number of aryl methyl sites for hydroxylation is 1. The lowest BCUT2D eigenvalue weighted by Crippen LogP contribution is -2.33. The minimum Gasteiger partial charge on any atom is -0.315 e. The molecule has 0 aromatic carbocycles. The van der Waals surface area contributed by atoms with E-state index < -0.39 is 10.0 Å². The predicted molar refractivity (Wildman–Crippen MR) is 83.6 cm³/mol. The van der Waals surface area contributed by atoms with Crippen molar-refractivity contribution in [3.8, 4) is 0 Å². The van der Waals surface area contributed by atoms with E-state index >= 15 is 0 Å². The fraction of sp³-hybridized carbons (Fsp3) is 0.714. The summed E-state index contributed by atoms with van der Waals surface area (Å²) in [5.41, 5.74) is 1.28. The fourth-order valence-electron chi connectivity index (χ4n) is 2.77. The van der Waals surface area contributed by atoms with Crippen molar-refractivity contribution >= 4 is 21.4 Å². The molecule has 0 spiro atoms. The molecule has 0 amide bonds. The van der Waals surface area contributed by atoms with Crippen LogP contribution in [0.15, 0.2) is 10.3 Å². The maximum atomic E-state index is 12.4. The molecule has 0 bridgehead atoms. The van der Waals surface area contributed by atoms with Gasteiger partial charge in [-0.05, 0) is 50.3 Å². The number of hydrogen-bond donors (Lipinski definition) is 2. The number of hydrogen-bond acceptors (Lipinski definition) is 4. The number of thiophene rings is 1. The molecular weight excluding hydrogens is 292 g/mol. The highest BCUT2D eigenvalue weighted by Gasteiger charge is 2.34. The Kier molecular flexibility index (Phi) is 4.59. The molecule has 6 heteroatoms. The van der Waals surface area contributed by atoms with Gasteiger partial charge in [0, 0.05) is 17.5 Å². The molecule has 1 unspecified atom stereocenters. The van der Waals surface area contributed by atoms with Crippen molar-refractivity contribution in [1.29, 1.82) is 0 Å². The molecule has 1 fully saturated rings. The average Bonchev–Trinajstić information content (AvgIpc) is 2.83. The lowest BCUT2D eigenvalue weighted by Gasteiger charge is -2.17. The summed E-state index contributed by atoms with van der Waals surface area (Å²) in [6.45, 7) is 7.06. The maximum Gasteiger partial charge on any atom is 0.250 e. The Morgan fingerprint density at radius 1 is 1.45 bits per heavy atom. The molecular formula is C14H24N2O2S2. The molecule has 1 saturated carbocycles. The molecule has 1 heterocycles. The zero-order valence-corrected chi connectivity index (χ0v) is 14.2. The van der Waals surface area contributed by atoms with Crippen molar-refractivity contribution in [2.45, 2.75) is 56.8 Å². The van der Waals surface area contributed by atoms with Crippen LogP contribution in [0.4, 0.5) is 0 Å². The largest absolute Gasteiger partial charge is 0.315 e. The summed E-state index contributed by atoms with van der Waals surface area (Å²) in [7, 11) is -1.51. The van der Waals surface area contributed by atoms with Crippen molar-refractivity contribution in [3.05, 3.63) is 16.5 Å². The quantitative estimate of drug-likeness (QED) is 0.878. The van der Waals surface area contributed by atoms with Crippen LogP contribution in [0.1, 0.15) is 43.6 Å². The molecule has 0 radical (unpaired) electrons. The highest BCUT2D eigenvalue weighted by atomic mass is 32.2. The molecule has 20 heavy (non-hydrogen) atoms. The first-order valence-electron chi connectivity index (χ1n) is 7.00. The lowest BCUT2D eigenvalue weighted by molar-refractivity contribution is 0.372. The second kappa shape index (κ2) is 5.75. The van der Waals surface area contributed by atoms with Gasteiger partial charge in [-0.1, -0.05) is 13.8 Å². The summed E-state index contributed by atoms with van der Waals surface area (Å²) in [5.74, 6) is 0. The van der Waals surface area contributed by atoms with Crippen LogP contribution in [0.5, 0.6) is 0 Å². The van der Waals surface area contributed by atoms with Gasteiger partial charge in [-0.25, -0.2) is 13.1 Å². The topological polar surface area (TPSA) is 58.2 Å². The van der Waals surface area contributed by atoms with Crippen molar-refractivity contribution in [3.63, 3.8) is 0 Å². The van der Waals surface area contributed by atoms with E-state index in [1.54, 1.807) is 6.07 Å². The highest BCUT2D eigenvalue weighted by Crippen LogP contribution is 2.37. The third-order valence-corrected chi connectivity index (χ3v) is 7.12. The van der Waals surface area contributed by atoms with Crippen LogP contribution in [0.25, 0.3) is 0 Å². The van der Waals surface area contributed by atoms with E-state index in [9.17, 15) is 8.42 Å². The van der Waals surface area contributed by atoms with Gasteiger partial charge in [0.2, 0.25) is 10.0 Å². The van der Waals surface area contributed by atoms with E-state index in [0.717, 1.165) is 29.7 Å². The molecule has 0 saturated heterocycles. The molecule has 114 valence electrons. The third kappa shape index (κ3) is 3.61. The Labute approximate surface area is 126 Å². The van der Waals surface area contributed by atoms with Crippen LogP contribution in [0.3, 0.4) is 0 Å². The minimum atomic E-state index is -3.37. The summed E-state index contributed by atoms with van der Waals surface area (Å²) in [4.78, 5) is 1.08. The first kappa shape index (κ1) is 15.9. The van der Waals surface area contributed by atoms with Gasteiger partial charge in [0.1, 0.15) is 4.21 Å². The van der Waals surface area contributed by atoms with Crippen LogP contribution in [0, 0.1) is 12.3 Å². The monoisotopic (exact) mass is 316 g/mol. The molecule has 0 aliphatic heterocycles. The summed E-state index contributed by atoms with van der Waals surface area (Å²) in [6, 6.07) is 1.85. The Hall–Kier alpha value is -0.430. The van der Waals surface area contributed by atoms with E-state index in [0.29, 0.717) is 10.8 Å². The Morgan fingerprint density at radius 3 is 2.70 bits per heavy atom. The molecule has 2 N–H and O–H groups in total. The maximum absolute atomic E-state index is 12.4. The first-order valence-corrected chi connectivity index (χ1v) is 9.30. The Bertz CT molecular complexity index is 576. The summed E-state index contributed by atoms with van der Waals surface area (Å²) >= 11 is 1.36. The van der Waals surface area contributed by atoms with Crippen LogP contribution in [-0.2, 0) is 16.6 Å². The normalized spacial score (nSPS) is 22.3. The van der Waals surface area contributed by atoms with Crippen molar-refractivity contribution < 1.29 is 8.42 Å². The van der Waals surface area contributed by atoms with Crippen molar-refractivity contribution in [1.82, 2.24) is 10.0 Å². The second-order valence-electron chi connectivity index (χ2n) is 6.43. The summed E-state index contributed by atoms with van der Waals surface area (Å²) in [5, 5.41) is 3.07. The molecule has 2 rings (SSSR count). The van der Waals surface area contributed by atoms with Gasteiger partial charge in [0.15, 0.2) is 0 Å². The van der Waals surface area contributed by atoms with Gasteiger partial charge in [-0.15, -0.1) is 11.3 Å². The zero-order valence-electron chi connectivity index (χ0n) is 12.6. The van der Waals surface area contributed by atoms with Crippen LogP contribution >= 0.6 is 11.3 Å². The third-order valence-electron chi connectivity index (χ3n) is 3.89. The fourth-order valence-corrected chi connectivity index (χ4v) is 5.66. The lowest BCUT2D eigenvalue weighted by atomic mass is 9.92. The van der Waals surface area contributed by atoms with E-state index in [1.807, 2.05) is 14.0 Å². The Morgan fingerprint density at radius 2 is 2.15 bits per heavy atom. The van der Waals surface area contributed by atoms with E-state index in [-0.39, 0.29) is 11.5 Å². The summed E-state index contributed by atoms with van der Waals surface area (Å²) < 4.78 is 28.2. The smallest absolute Gasteiger partial charge is 0.250 e. The van der Waals surface area contributed by atoms with Crippen LogP contribution in [-0.4, -0.2) is 21.5 Å². The number of sulfonamides is 1. The second-order valence-corrected chi connectivity index (χ2v) is 9.50. The van der Waals surface area contributed by atoms with Gasteiger partial charge >= 0.3 is 0 Å². The Balaban J connectivity index is 2.13. The zero-order chi connectivity index (χ0) is 15.0. The summed E-state index contributed by atoms with van der Waals surface area (Å²) in [6.07, 6.45) is 2.93. The standard InChI is InChI=1S/C14H24N2O2S2/c1-10-7-13(19-12(10)9-15-4)20(17,18)16-11-5-6-14(2,3)8-11/h7,11,15-16H,5-6,8-9H2,1-4H3. The SMILES string of the molecule is CNCc1sc(S(=O)(=O)NC2CCC(C)(C)C2)cc1C. The van der Waals surface area contributed by atoms with Gasteiger partial charge in [-0.3, -0.25) is 0 Å². The number of rotatable bonds is 5. The highest BCUT2D eigenvalue weighted by molar-refractivity contribution is 7.91. The molecule has 4 nitrogen and oxygen atoms in total. The van der Waals surface area contributed by atoms with E-state index in [4.69, 9.17) is 0 Å². The molecule has 1 aromatic rings. The van der Waals surface area contributed by atoms with Gasteiger partial charge < -0.3 is 5.32 Å². The molecule has 1 aliphatic rings. The van der Waals surface area contributed by atoms with Gasteiger partial charge in [0.05, 0.1) is 0 Å². The predicted octanol–water partition coefficient (Wildman–Crippen LogP) is 2.63. The van der Waals surface area contributed by atoms with Crippen molar-refractivity contribution in [2.75, 3.05) is 7.05 Å². The van der Waals surface area contributed by atoms with Gasteiger partial charge in [-0.2, -0.15) is 0 Å². The molecule has 1 atom stereocenters. The molecule has 1 aliphatic carbocycles. The first-order chi connectivity index (χ1) is 9.23. The van der Waals surface area contributed by atoms with Gasteiger partial charge in [0.25, 0.3) is 0 Å². The molecule has 1 aromatic heterocycles. The average molecular weight is 316 g/mol.